The molecule has 0 aliphatic heterocycles. The van der Waals surface area contributed by atoms with E-state index in [2.05, 4.69) is 10.3 Å². The van der Waals surface area contributed by atoms with Gasteiger partial charge in [0.25, 0.3) is 0 Å². The van der Waals surface area contributed by atoms with Crippen molar-refractivity contribution in [3.05, 3.63) is 72.1 Å². The van der Waals surface area contributed by atoms with Gasteiger partial charge in [0.1, 0.15) is 6.04 Å². The number of carbonyl (C=O) groups excluding carboxylic acids is 1. The van der Waals surface area contributed by atoms with Crippen LogP contribution >= 0.6 is 12.4 Å². The third-order valence-corrected chi connectivity index (χ3v) is 5.47. The predicted molar refractivity (Wildman–Crippen MR) is 123 cm³/mol. The zero-order chi connectivity index (χ0) is 21.3. The summed E-state index contributed by atoms with van der Waals surface area (Å²) in [6.45, 7) is 0. The Morgan fingerprint density at radius 2 is 1.74 bits per heavy atom. The second-order valence-corrected chi connectivity index (χ2v) is 7.56. The third-order valence-electron chi connectivity index (χ3n) is 5.47. The molecule has 31 heavy (non-hydrogen) atoms. The Kier molecular flexibility index (Phi) is 6.68. The normalized spacial score (nSPS) is 13.0. The Labute approximate surface area is 185 Å². The summed E-state index contributed by atoms with van der Waals surface area (Å²) in [5.41, 5.74) is 9.89. The molecule has 4 aromatic rings. The van der Waals surface area contributed by atoms with Crippen LogP contribution in [0.5, 0.6) is 0 Å². The van der Waals surface area contributed by atoms with E-state index in [1.807, 2.05) is 72.5 Å². The average molecular weight is 441 g/mol. The van der Waals surface area contributed by atoms with Gasteiger partial charge >= 0.3 is 5.97 Å². The number of carboxylic acid groups (broad SMARTS) is 1. The van der Waals surface area contributed by atoms with E-state index in [0.29, 0.717) is 6.42 Å². The summed E-state index contributed by atoms with van der Waals surface area (Å²) < 4.78 is 1.95. The molecule has 2 aromatic heterocycles. The maximum absolute atomic E-state index is 12.7. The SMILES string of the molecule is Cl.Cn1cc(C[C@@H](NC(=O)[C@@H](N)Cc2c[nH]c3ccccc23)C(=O)O)c2ccccc21. The summed E-state index contributed by atoms with van der Waals surface area (Å²) in [4.78, 5) is 27.7. The number of carbonyl (C=O) groups is 2. The second kappa shape index (κ2) is 9.24. The maximum atomic E-state index is 12.7. The second-order valence-electron chi connectivity index (χ2n) is 7.56. The molecule has 0 fully saturated rings. The van der Waals surface area contributed by atoms with E-state index < -0.39 is 24.0 Å². The van der Waals surface area contributed by atoms with E-state index in [9.17, 15) is 14.7 Å². The lowest BCUT2D eigenvalue weighted by atomic mass is 10.0. The fourth-order valence-corrected chi connectivity index (χ4v) is 3.92. The van der Waals surface area contributed by atoms with E-state index >= 15 is 0 Å². The Morgan fingerprint density at radius 1 is 1.06 bits per heavy atom. The molecule has 0 unspecified atom stereocenters. The highest BCUT2D eigenvalue weighted by atomic mass is 35.5. The van der Waals surface area contributed by atoms with Crippen molar-refractivity contribution in [2.45, 2.75) is 24.9 Å². The van der Waals surface area contributed by atoms with Gasteiger partial charge in [-0.25, -0.2) is 4.79 Å². The number of nitrogens with zero attached hydrogens (tertiary/aromatic N) is 1. The molecule has 2 aromatic carbocycles. The van der Waals surface area contributed by atoms with Gasteiger partial charge < -0.3 is 25.7 Å². The Balaban J connectivity index is 0.00000272. The molecule has 8 heteroatoms. The number of benzene rings is 2. The number of halogens is 1. The van der Waals surface area contributed by atoms with Gasteiger partial charge in [-0.2, -0.15) is 0 Å². The minimum atomic E-state index is -1.09. The molecule has 0 aliphatic carbocycles. The first kappa shape index (κ1) is 22.4. The number of hydrogen-bond acceptors (Lipinski definition) is 3. The highest BCUT2D eigenvalue weighted by molar-refractivity contribution is 5.90. The fraction of sp³-hybridized carbons (Fsp3) is 0.217. The molecule has 2 atom stereocenters. The van der Waals surface area contributed by atoms with Crippen LogP contribution in [0.15, 0.2) is 60.9 Å². The van der Waals surface area contributed by atoms with Gasteiger partial charge in [0.05, 0.1) is 6.04 Å². The number of aromatic amines is 1. The van der Waals surface area contributed by atoms with Crippen LogP contribution in [0.25, 0.3) is 21.8 Å². The molecule has 0 aliphatic rings. The molecule has 0 saturated heterocycles. The standard InChI is InChI=1S/C23H24N4O3.ClH/c1-27-13-15(17-7-3-5-9-21(17)27)11-20(23(29)30)26-22(28)18(24)10-14-12-25-19-8-4-2-6-16(14)19;/h2-9,12-13,18,20,25H,10-11,24H2,1H3,(H,26,28)(H,29,30);1H/t18-,20+;/m0./s1. The quantitative estimate of drug-likeness (QED) is 0.354. The van der Waals surface area contributed by atoms with Crippen LogP contribution in [0, 0.1) is 0 Å². The lowest BCUT2D eigenvalue weighted by Crippen LogP contribution is -2.50. The summed E-state index contributed by atoms with van der Waals surface area (Å²) in [5, 5.41) is 14.3. The van der Waals surface area contributed by atoms with Crippen molar-refractivity contribution in [3.8, 4) is 0 Å². The molecule has 2 heterocycles. The van der Waals surface area contributed by atoms with Crippen molar-refractivity contribution in [2.75, 3.05) is 0 Å². The van der Waals surface area contributed by atoms with Crippen molar-refractivity contribution in [2.24, 2.45) is 12.8 Å². The molecule has 0 saturated carbocycles. The third kappa shape index (κ3) is 4.57. The first-order valence-corrected chi connectivity index (χ1v) is 9.80. The van der Waals surface area contributed by atoms with Crippen LogP contribution in [-0.4, -0.2) is 38.6 Å². The van der Waals surface area contributed by atoms with Crippen molar-refractivity contribution in [3.63, 3.8) is 0 Å². The highest BCUT2D eigenvalue weighted by Gasteiger charge is 2.25. The molecule has 5 N–H and O–H groups in total. The Morgan fingerprint density at radius 3 is 2.48 bits per heavy atom. The topological polar surface area (TPSA) is 113 Å². The van der Waals surface area contributed by atoms with Crippen LogP contribution in [-0.2, 0) is 29.5 Å². The van der Waals surface area contributed by atoms with Gasteiger partial charge in [-0.15, -0.1) is 12.4 Å². The molecule has 0 bridgehead atoms. The number of fused-ring (bicyclic) bond motifs is 2. The molecule has 162 valence electrons. The monoisotopic (exact) mass is 440 g/mol. The van der Waals surface area contributed by atoms with E-state index in [1.165, 1.54) is 0 Å². The smallest absolute Gasteiger partial charge is 0.326 e. The lowest BCUT2D eigenvalue weighted by Gasteiger charge is -2.17. The number of carboxylic acids is 1. The van der Waals surface area contributed by atoms with Gasteiger partial charge in [0, 0.05) is 47.7 Å². The van der Waals surface area contributed by atoms with Gasteiger partial charge in [-0.1, -0.05) is 36.4 Å². The van der Waals surface area contributed by atoms with Crippen molar-refractivity contribution in [1.82, 2.24) is 14.9 Å². The minimum Gasteiger partial charge on any atom is -0.480 e. The molecule has 1 amide bonds. The van der Waals surface area contributed by atoms with E-state index in [4.69, 9.17) is 5.73 Å². The number of nitrogens with one attached hydrogen (secondary N) is 2. The number of nitrogens with two attached hydrogens (primary N) is 1. The van der Waals surface area contributed by atoms with Gasteiger partial charge in [-0.05, 0) is 29.7 Å². The number of aliphatic carboxylic acids is 1. The lowest BCUT2D eigenvalue weighted by molar-refractivity contribution is -0.141. The molecular formula is C23H25ClN4O3. The van der Waals surface area contributed by atoms with Crippen molar-refractivity contribution in [1.29, 1.82) is 0 Å². The minimum absolute atomic E-state index is 0. The summed E-state index contributed by atoms with van der Waals surface area (Å²) in [5.74, 6) is -1.57. The number of hydrogen-bond donors (Lipinski definition) is 4. The van der Waals surface area contributed by atoms with Crippen molar-refractivity contribution >= 4 is 46.1 Å². The molecular weight excluding hydrogens is 416 g/mol. The van der Waals surface area contributed by atoms with Gasteiger partial charge in [0.15, 0.2) is 0 Å². The number of aromatic nitrogens is 2. The molecule has 4 rings (SSSR count). The van der Waals surface area contributed by atoms with Gasteiger partial charge in [0.2, 0.25) is 5.91 Å². The summed E-state index contributed by atoms with van der Waals surface area (Å²) in [6, 6.07) is 13.6. The average Bonchev–Trinajstić information content (AvgIpc) is 3.29. The predicted octanol–water partition coefficient (Wildman–Crippen LogP) is 2.76. The first-order chi connectivity index (χ1) is 14.4. The van der Waals surface area contributed by atoms with Crippen LogP contribution in [0.2, 0.25) is 0 Å². The zero-order valence-electron chi connectivity index (χ0n) is 17.0. The molecule has 7 nitrogen and oxygen atoms in total. The Bertz CT molecular complexity index is 1230. The largest absolute Gasteiger partial charge is 0.480 e. The zero-order valence-corrected chi connectivity index (χ0v) is 17.9. The summed E-state index contributed by atoms with van der Waals surface area (Å²) >= 11 is 0. The molecule has 0 radical (unpaired) electrons. The number of rotatable bonds is 7. The Hall–Kier alpha value is -3.29. The number of aryl methyl sites for hydroxylation is 1. The van der Waals surface area contributed by atoms with Gasteiger partial charge in [-0.3, -0.25) is 4.79 Å². The van der Waals surface area contributed by atoms with E-state index in [-0.39, 0.29) is 18.8 Å². The maximum Gasteiger partial charge on any atom is 0.326 e. The number of amides is 1. The number of H-pyrrole nitrogens is 1. The van der Waals surface area contributed by atoms with E-state index in [0.717, 1.165) is 32.9 Å². The van der Waals surface area contributed by atoms with Crippen LogP contribution in [0.3, 0.4) is 0 Å². The highest BCUT2D eigenvalue weighted by Crippen LogP contribution is 2.22. The van der Waals surface area contributed by atoms with E-state index in [1.54, 1.807) is 0 Å². The van der Waals surface area contributed by atoms with Crippen LogP contribution in [0.1, 0.15) is 11.1 Å². The molecule has 0 spiro atoms. The van der Waals surface area contributed by atoms with Crippen LogP contribution < -0.4 is 11.1 Å². The summed E-state index contributed by atoms with van der Waals surface area (Å²) in [6.07, 6.45) is 4.24. The summed E-state index contributed by atoms with van der Waals surface area (Å²) in [7, 11) is 1.91. The first-order valence-electron chi connectivity index (χ1n) is 9.80. The van der Waals surface area contributed by atoms with Crippen LogP contribution in [0.4, 0.5) is 0 Å². The number of para-hydroxylation sites is 2. The van der Waals surface area contributed by atoms with Crippen molar-refractivity contribution < 1.29 is 14.7 Å². The fourth-order valence-electron chi connectivity index (χ4n) is 3.92.